The Bertz CT molecular complexity index is 1650. The van der Waals surface area contributed by atoms with E-state index in [1.54, 1.807) is 25.1 Å². The lowest BCUT2D eigenvalue weighted by Gasteiger charge is -2.34. The highest BCUT2D eigenvalue weighted by molar-refractivity contribution is 7.17. The monoisotopic (exact) mass is 535 g/mol. The number of benzene rings is 2. The van der Waals surface area contributed by atoms with Crippen molar-refractivity contribution < 1.29 is 18.3 Å². The number of amides is 1. The summed E-state index contributed by atoms with van der Waals surface area (Å²) in [7, 11) is 0. The average Bonchev–Trinajstić information content (AvgIpc) is 3.20. The summed E-state index contributed by atoms with van der Waals surface area (Å²) in [6.45, 7) is 4.76. The topological polar surface area (TPSA) is 99.7 Å². The molecular formula is C27H23F2N5O3S. The van der Waals surface area contributed by atoms with Crippen LogP contribution in [0.15, 0.2) is 47.4 Å². The number of aryl methyl sites for hydroxylation is 2. The molecule has 0 radical (unpaired) electrons. The molecule has 1 saturated heterocycles. The van der Waals surface area contributed by atoms with E-state index in [1.807, 2.05) is 11.8 Å². The second kappa shape index (κ2) is 10.2. The van der Waals surface area contributed by atoms with Crippen molar-refractivity contribution in [1.29, 1.82) is 5.26 Å². The fraction of sp³-hybridized carbons (Fsp3) is 0.259. The molecule has 0 saturated carbocycles. The van der Waals surface area contributed by atoms with Crippen LogP contribution in [0.1, 0.15) is 39.3 Å². The van der Waals surface area contributed by atoms with Gasteiger partial charge in [0.2, 0.25) is 0 Å². The maximum absolute atomic E-state index is 14.0. The Balaban J connectivity index is 1.36. The highest BCUT2D eigenvalue weighted by Gasteiger charge is 2.25. The zero-order chi connectivity index (χ0) is 27.0. The van der Waals surface area contributed by atoms with E-state index in [9.17, 15) is 23.6 Å². The average molecular weight is 536 g/mol. The molecule has 1 aliphatic rings. The minimum absolute atomic E-state index is 0.00379. The number of aromatic nitrogens is 2. The van der Waals surface area contributed by atoms with Crippen LogP contribution in [0.5, 0.6) is 5.75 Å². The SMILES string of the molecule is Cc1sc2ncc(C(=O)Nc3cc(C#N)ccc3N3CCC(Oc4ccc(F)cc4F)CC3)c(=O)n2c1C. The number of hydrogen-bond donors (Lipinski definition) is 1. The van der Waals surface area contributed by atoms with Gasteiger partial charge in [-0.1, -0.05) is 0 Å². The van der Waals surface area contributed by atoms with Gasteiger partial charge >= 0.3 is 0 Å². The number of nitrogens with one attached hydrogen (secondary N) is 1. The summed E-state index contributed by atoms with van der Waals surface area (Å²) in [4.78, 5) is 34.0. The van der Waals surface area contributed by atoms with Crippen LogP contribution in [-0.4, -0.2) is 34.5 Å². The number of piperidine rings is 1. The van der Waals surface area contributed by atoms with Gasteiger partial charge in [0.1, 0.15) is 17.5 Å². The molecule has 0 spiro atoms. The highest BCUT2D eigenvalue weighted by atomic mass is 32.1. The van der Waals surface area contributed by atoms with Crippen molar-refractivity contribution in [3.63, 3.8) is 0 Å². The number of ether oxygens (including phenoxy) is 1. The lowest BCUT2D eigenvalue weighted by Crippen LogP contribution is -2.39. The van der Waals surface area contributed by atoms with Gasteiger partial charge in [0.15, 0.2) is 16.5 Å². The summed E-state index contributed by atoms with van der Waals surface area (Å²) >= 11 is 1.38. The molecular weight excluding hydrogens is 512 g/mol. The molecule has 5 rings (SSSR count). The molecule has 0 bridgehead atoms. The molecule has 4 aromatic rings. The van der Waals surface area contributed by atoms with Crippen LogP contribution in [-0.2, 0) is 0 Å². The summed E-state index contributed by atoms with van der Waals surface area (Å²) in [5.74, 6) is -2.04. The van der Waals surface area contributed by atoms with E-state index in [0.717, 1.165) is 22.7 Å². The molecule has 8 nitrogen and oxygen atoms in total. The quantitative estimate of drug-likeness (QED) is 0.393. The largest absolute Gasteiger partial charge is 0.487 e. The van der Waals surface area contributed by atoms with Crippen molar-refractivity contribution in [3.8, 4) is 11.8 Å². The van der Waals surface area contributed by atoms with Gasteiger partial charge in [0, 0.05) is 48.8 Å². The molecule has 2 aromatic carbocycles. The molecule has 1 aliphatic heterocycles. The van der Waals surface area contributed by atoms with Crippen molar-refractivity contribution >= 4 is 33.6 Å². The second-order valence-electron chi connectivity index (χ2n) is 9.02. The number of carbonyl (C=O) groups excluding carboxylic acids is 1. The van der Waals surface area contributed by atoms with Gasteiger partial charge in [-0.3, -0.25) is 14.0 Å². The van der Waals surface area contributed by atoms with Crippen LogP contribution < -0.4 is 20.5 Å². The fourth-order valence-electron chi connectivity index (χ4n) is 4.47. The molecule has 38 heavy (non-hydrogen) atoms. The van der Waals surface area contributed by atoms with Gasteiger partial charge in [-0.2, -0.15) is 5.26 Å². The van der Waals surface area contributed by atoms with Crippen LogP contribution in [0.3, 0.4) is 0 Å². The number of thiazole rings is 1. The molecule has 2 aromatic heterocycles. The highest BCUT2D eigenvalue weighted by Crippen LogP contribution is 2.31. The van der Waals surface area contributed by atoms with E-state index in [0.29, 0.717) is 47.8 Å². The van der Waals surface area contributed by atoms with E-state index in [1.165, 1.54) is 28.0 Å². The Morgan fingerprint density at radius 3 is 2.66 bits per heavy atom. The molecule has 1 N–H and O–H groups in total. The van der Waals surface area contributed by atoms with Crippen molar-refractivity contribution in [2.75, 3.05) is 23.3 Å². The minimum atomic E-state index is -0.749. The Labute approximate surface area is 220 Å². The van der Waals surface area contributed by atoms with Crippen LogP contribution in [0.25, 0.3) is 4.96 Å². The van der Waals surface area contributed by atoms with Crippen LogP contribution in [0.2, 0.25) is 0 Å². The summed E-state index contributed by atoms with van der Waals surface area (Å²) in [6, 6.07) is 10.3. The van der Waals surface area contributed by atoms with E-state index in [4.69, 9.17) is 4.74 Å². The van der Waals surface area contributed by atoms with Gasteiger partial charge in [-0.05, 0) is 44.2 Å². The van der Waals surface area contributed by atoms with Gasteiger partial charge < -0.3 is 15.0 Å². The van der Waals surface area contributed by atoms with Crippen molar-refractivity contribution in [2.45, 2.75) is 32.8 Å². The van der Waals surface area contributed by atoms with Crippen molar-refractivity contribution in [1.82, 2.24) is 9.38 Å². The summed E-state index contributed by atoms with van der Waals surface area (Å²) in [6.07, 6.45) is 2.12. The zero-order valence-corrected chi connectivity index (χ0v) is 21.4. The number of nitrogens with zero attached hydrogens (tertiary/aromatic N) is 4. The third-order valence-corrected chi connectivity index (χ3v) is 7.68. The number of hydrogen-bond acceptors (Lipinski definition) is 7. The third-order valence-electron chi connectivity index (χ3n) is 6.61. The summed E-state index contributed by atoms with van der Waals surface area (Å²) in [5, 5.41) is 12.2. The summed E-state index contributed by atoms with van der Waals surface area (Å²) in [5.41, 5.74) is 1.59. The van der Waals surface area contributed by atoms with Crippen molar-refractivity contribution in [2.24, 2.45) is 0 Å². The van der Waals surface area contributed by atoms with E-state index < -0.39 is 23.1 Å². The maximum atomic E-state index is 14.0. The first-order valence-corrected chi connectivity index (χ1v) is 12.8. The molecule has 194 valence electrons. The fourth-order valence-corrected chi connectivity index (χ4v) is 5.40. The lowest BCUT2D eigenvalue weighted by molar-refractivity contribution is 0.102. The number of anilines is 2. The first-order valence-electron chi connectivity index (χ1n) is 11.9. The minimum Gasteiger partial charge on any atom is -0.487 e. The number of carbonyl (C=O) groups is 1. The Hall–Kier alpha value is -4.30. The molecule has 0 aliphatic carbocycles. The van der Waals surface area contributed by atoms with Crippen molar-refractivity contribution in [3.05, 3.63) is 86.3 Å². The Kier molecular flexibility index (Phi) is 6.82. The molecule has 0 unspecified atom stereocenters. The number of halogens is 2. The number of fused-ring (bicyclic) bond motifs is 1. The van der Waals surface area contributed by atoms with E-state index in [2.05, 4.69) is 16.4 Å². The predicted molar refractivity (Wildman–Crippen MR) is 140 cm³/mol. The third kappa shape index (κ3) is 4.82. The predicted octanol–water partition coefficient (Wildman–Crippen LogP) is 4.82. The molecule has 1 amide bonds. The summed E-state index contributed by atoms with van der Waals surface area (Å²) < 4.78 is 34.4. The normalized spacial score (nSPS) is 13.9. The Morgan fingerprint density at radius 1 is 1.18 bits per heavy atom. The van der Waals surface area contributed by atoms with Gasteiger partial charge in [-0.15, -0.1) is 11.3 Å². The van der Waals surface area contributed by atoms with Gasteiger partial charge in [-0.25, -0.2) is 13.8 Å². The van der Waals surface area contributed by atoms with Crippen LogP contribution in [0.4, 0.5) is 20.2 Å². The van der Waals surface area contributed by atoms with Gasteiger partial charge in [0.25, 0.3) is 11.5 Å². The van der Waals surface area contributed by atoms with Crippen LogP contribution >= 0.6 is 11.3 Å². The van der Waals surface area contributed by atoms with E-state index >= 15 is 0 Å². The molecule has 1 fully saturated rings. The molecule has 11 heteroatoms. The first-order chi connectivity index (χ1) is 18.2. The van der Waals surface area contributed by atoms with Crippen LogP contribution in [0, 0.1) is 36.8 Å². The number of nitriles is 1. The zero-order valence-electron chi connectivity index (χ0n) is 20.6. The Morgan fingerprint density at radius 2 is 1.95 bits per heavy atom. The van der Waals surface area contributed by atoms with Gasteiger partial charge in [0.05, 0.1) is 23.0 Å². The standard InChI is InChI=1S/C27H23F2N5O3S/c1-15-16(2)38-27-31-14-20(26(36)34(15)27)25(35)32-22-11-17(13-30)3-5-23(22)33-9-7-19(8-10-33)37-24-6-4-18(28)12-21(24)29/h3-6,11-12,14,19H,7-10H2,1-2H3,(H,32,35). The molecule has 0 atom stereocenters. The van der Waals surface area contributed by atoms with E-state index in [-0.39, 0.29) is 17.4 Å². The molecule has 3 heterocycles. The maximum Gasteiger partial charge on any atom is 0.271 e. The first kappa shape index (κ1) is 25.4. The smallest absolute Gasteiger partial charge is 0.271 e. The lowest BCUT2D eigenvalue weighted by atomic mass is 10.1. The second-order valence-corrected chi connectivity index (χ2v) is 10.2. The number of rotatable bonds is 5.